The van der Waals surface area contributed by atoms with Gasteiger partial charge in [0.15, 0.2) is 0 Å². The minimum absolute atomic E-state index is 0.268. The highest BCUT2D eigenvalue weighted by Crippen LogP contribution is 2.31. The molecule has 0 fully saturated rings. The predicted molar refractivity (Wildman–Crippen MR) is 115 cm³/mol. The minimum atomic E-state index is -3.65. The predicted octanol–water partition coefficient (Wildman–Crippen LogP) is 4.93. The van der Waals surface area contributed by atoms with Crippen molar-refractivity contribution in [2.45, 2.75) is 18.7 Å². The molecule has 0 unspecified atom stereocenters. The fourth-order valence-corrected chi connectivity index (χ4v) is 4.86. The van der Waals surface area contributed by atoms with Crippen LogP contribution in [0.3, 0.4) is 0 Å². The van der Waals surface area contributed by atoms with Gasteiger partial charge in [0.05, 0.1) is 16.0 Å². The Morgan fingerprint density at radius 2 is 1.72 bits per heavy atom. The maximum Gasteiger partial charge on any atom is 0.264 e. The molecule has 2 heterocycles. The molecule has 2 aromatic heterocycles. The molecule has 2 aromatic carbocycles. The standard InChI is InChI=1S/C21H19N3O3S2/c1-14-4-9-18(12-15(14)2)29(25,26)24(3)16-5-7-17(8-6-16)27-20-19-10-11-28-21(19)23-13-22-20/h4-13H,1-3H3. The van der Waals surface area contributed by atoms with Crippen molar-refractivity contribution in [3.05, 3.63) is 71.4 Å². The van der Waals surface area contributed by atoms with E-state index in [0.717, 1.165) is 21.3 Å². The molecule has 29 heavy (non-hydrogen) atoms. The first-order chi connectivity index (χ1) is 13.9. The molecule has 0 amide bonds. The summed E-state index contributed by atoms with van der Waals surface area (Å²) in [5, 5.41) is 2.78. The molecule has 148 valence electrons. The summed E-state index contributed by atoms with van der Waals surface area (Å²) in [7, 11) is -2.11. The van der Waals surface area contributed by atoms with Crippen LogP contribution in [0.25, 0.3) is 10.2 Å². The lowest BCUT2D eigenvalue weighted by atomic mass is 10.1. The maximum atomic E-state index is 13.0. The van der Waals surface area contributed by atoms with Crippen LogP contribution >= 0.6 is 11.3 Å². The first-order valence-electron chi connectivity index (χ1n) is 8.88. The molecule has 0 spiro atoms. The van der Waals surface area contributed by atoms with Gasteiger partial charge < -0.3 is 4.74 Å². The van der Waals surface area contributed by atoms with Crippen molar-refractivity contribution in [2.75, 3.05) is 11.4 Å². The summed E-state index contributed by atoms with van der Waals surface area (Å²) in [5.74, 6) is 1.04. The number of aryl methyl sites for hydroxylation is 2. The number of benzene rings is 2. The van der Waals surface area contributed by atoms with Crippen LogP contribution in [0, 0.1) is 13.8 Å². The van der Waals surface area contributed by atoms with Crippen molar-refractivity contribution < 1.29 is 13.2 Å². The monoisotopic (exact) mass is 425 g/mol. The zero-order valence-corrected chi connectivity index (χ0v) is 17.8. The molecule has 0 saturated heterocycles. The molecule has 0 saturated carbocycles. The lowest BCUT2D eigenvalue weighted by molar-refractivity contribution is 0.468. The molecule has 4 rings (SSSR count). The van der Waals surface area contributed by atoms with Gasteiger partial charge in [-0.15, -0.1) is 11.3 Å². The van der Waals surface area contributed by atoms with Crippen LogP contribution in [0.4, 0.5) is 5.69 Å². The van der Waals surface area contributed by atoms with E-state index < -0.39 is 10.0 Å². The van der Waals surface area contributed by atoms with Crippen molar-refractivity contribution in [3.63, 3.8) is 0 Å². The highest BCUT2D eigenvalue weighted by atomic mass is 32.2. The number of nitrogens with zero attached hydrogens (tertiary/aromatic N) is 3. The summed E-state index contributed by atoms with van der Waals surface area (Å²) in [6, 6.07) is 13.9. The highest BCUT2D eigenvalue weighted by molar-refractivity contribution is 7.92. The molecule has 0 aliphatic heterocycles. The van der Waals surface area contributed by atoms with Gasteiger partial charge in [-0.2, -0.15) is 0 Å². The quantitative estimate of drug-likeness (QED) is 0.454. The summed E-state index contributed by atoms with van der Waals surface area (Å²) in [4.78, 5) is 9.52. The van der Waals surface area contributed by atoms with Gasteiger partial charge in [-0.1, -0.05) is 6.07 Å². The Kier molecular flexibility index (Phi) is 4.97. The molecule has 0 bridgehead atoms. The normalized spacial score (nSPS) is 11.6. The number of hydrogen-bond donors (Lipinski definition) is 0. The van der Waals surface area contributed by atoms with Gasteiger partial charge in [0.1, 0.15) is 16.9 Å². The van der Waals surface area contributed by atoms with E-state index in [2.05, 4.69) is 9.97 Å². The van der Waals surface area contributed by atoms with E-state index in [9.17, 15) is 8.42 Å². The van der Waals surface area contributed by atoms with E-state index in [0.29, 0.717) is 17.3 Å². The molecule has 0 radical (unpaired) electrons. The van der Waals surface area contributed by atoms with E-state index in [-0.39, 0.29) is 4.90 Å². The number of anilines is 1. The summed E-state index contributed by atoms with van der Waals surface area (Å²) in [6.45, 7) is 3.85. The lowest BCUT2D eigenvalue weighted by Gasteiger charge is -2.20. The second-order valence-corrected chi connectivity index (χ2v) is 9.50. The zero-order valence-electron chi connectivity index (χ0n) is 16.2. The Labute approximate surface area is 173 Å². The van der Waals surface area contributed by atoms with Crippen molar-refractivity contribution >= 4 is 37.3 Å². The Bertz CT molecular complexity index is 1280. The number of ether oxygens (including phenoxy) is 1. The average molecular weight is 426 g/mol. The first kappa shape index (κ1) is 19.4. The second kappa shape index (κ2) is 7.46. The fourth-order valence-electron chi connectivity index (χ4n) is 2.86. The lowest BCUT2D eigenvalue weighted by Crippen LogP contribution is -2.26. The van der Waals surface area contributed by atoms with Crippen LogP contribution < -0.4 is 9.04 Å². The van der Waals surface area contributed by atoms with Gasteiger partial charge in [0.2, 0.25) is 5.88 Å². The number of aromatic nitrogens is 2. The fraction of sp³-hybridized carbons (Fsp3) is 0.143. The minimum Gasteiger partial charge on any atom is -0.438 e. The highest BCUT2D eigenvalue weighted by Gasteiger charge is 2.21. The molecule has 6 nitrogen and oxygen atoms in total. The summed E-state index contributed by atoms with van der Waals surface area (Å²) >= 11 is 1.52. The van der Waals surface area contributed by atoms with E-state index in [1.165, 1.54) is 22.0 Å². The van der Waals surface area contributed by atoms with Gasteiger partial charge in [-0.05, 0) is 72.8 Å². The third-order valence-electron chi connectivity index (χ3n) is 4.78. The summed E-state index contributed by atoms with van der Waals surface area (Å²) in [5.41, 5.74) is 2.53. The molecular weight excluding hydrogens is 406 g/mol. The molecular formula is C21H19N3O3S2. The van der Waals surface area contributed by atoms with Crippen LogP contribution in [-0.4, -0.2) is 25.4 Å². The van der Waals surface area contributed by atoms with Crippen LogP contribution in [-0.2, 0) is 10.0 Å². The average Bonchev–Trinajstić information content (AvgIpc) is 3.20. The van der Waals surface area contributed by atoms with Crippen LogP contribution in [0.2, 0.25) is 0 Å². The topological polar surface area (TPSA) is 72.4 Å². The smallest absolute Gasteiger partial charge is 0.264 e. The van der Waals surface area contributed by atoms with Crippen molar-refractivity contribution in [3.8, 4) is 11.6 Å². The van der Waals surface area contributed by atoms with Crippen molar-refractivity contribution in [2.24, 2.45) is 0 Å². The van der Waals surface area contributed by atoms with Crippen molar-refractivity contribution in [1.29, 1.82) is 0 Å². The van der Waals surface area contributed by atoms with E-state index >= 15 is 0 Å². The van der Waals surface area contributed by atoms with Gasteiger partial charge >= 0.3 is 0 Å². The second-order valence-electron chi connectivity index (χ2n) is 6.63. The van der Waals surface area contributed by atoms with Gasteiger partial charge in [-0.25, -0.2) is 18.4 Å². The summed E-state index contributed by atoms with van der Waals surface area (Å²) in [6.07, 6.45) is 1.46. The SMILES string of the molecule is Cc1ccc(S(=O)(=O)N(C)c2ccc(Oc3ncnc4sccc34)cc2)cc1C. The third-order valence-corrected chi connectivity index (χ3v) is 7.38. The van der Waals surface area contributed by atoms with Crippen molar-refractivity contribution in [1.82, 2.24) is 9.97 Å². The number of thiophene rings is 1. The van der Waals surface area contributed by atoms with Crippen LogP contribution in [0.5, 0.6) is 11.6 Å². The first-order valence-corrected chi connectivity index (χ1v) is 11.2. The number of hydrogen-bond acceptors (Lipinski definition) is 6. The number of sulfonamides is 1. The van der Waals surface area contributed by atoms with Gasteiger partial charge in [0, 0.05) is 7.05 Å². The summed E-state index contributed by atoms with van der Waals surface area (Å²) < 4.78 is 33.1. The van der Waals surface area contributed by atoms with Crippen LogP contribution in [0.1, 0.15) is 11.1 Å². The van der Waals surface area contributed by atoms with E-state index in [4.69, 9.17) is 4.74 Å². The Morgan fingerprint density at radius 1 is 0.966 bits per heavy atom. The molecule has 0 aliphatic carbocycles. The molecule has 4 aromatic rings. The van der Waals surface area contributed by atoms with Gasteiger partial charge in [0.25, 0.3) is 10.0 Å². The number of fused-ring (bicyclic) bond motifs is 1. The van der Waals surface area contributed by atoms with E-state index in [1.807, 2.05) is 31.4 Å². The molecule has 0 aliphatic rings. The molecule has 8 heteroatoms. The molecule has 0 N–H and O–H groups in total. The zero-order chi connectivity index (χ0) is 20.6. The van der Waals surface area contributed by atoms with Gasteiger partial charge in [-0.3, -0.25) is 4.31 Å². The maximum absolute atomic E-state index is 13.0. The third kappa shape index (κ3) is 3.68. The van der Waals surface area contributed by atoms with Crippen LogP contribution in [0.15, 0.2) is 65.1 Å². The largest absolute Gasteiger partial charge is 0.438 e. The Balaban J connectivity index is 1.58. The number of rotatable bonds is 5. The van der Waals surface area contributed by atoms with E-state index in [1.54, 1.807) is 43.4 Å². The Morgan fingerprint density at radius 3 is 2.45 bits per heavy atom. The Hall–Kier alpha value is -2.97. The molecule has 0 atom stereocenters.